The van der Waals surface area contributed by atoms with Gasteiger partial charge < -0.3 is 19.0 Å². The average Bonchev–Trinajstić information content (AvgIpc) is 3.21. The van der Waals surface area contributed by atoms with E-state index < -0.39 is 12.1 Å². The minimum Gasteiger partial charge on any atom is -0.487 e. The lowest BCUT2D eigenvalue weighted by Crippen LogP contribution is -2.22. The fourth-order valence-corrected chi connectivity index (χ4v) is 3.30. The summed E-state index contributed by atoms with van der Waals surface area (Å²) in [7, 11) is 0. The van der Waals surface area contributed by atoms with Crippen LogP contribution in [0.25, 0.3) is 11.5 Å². The second-order valence-corrected chi connectivity index (χ2v) is 7.74. The number of hydrogen-bond donors (Lipinski definition) is 1. The summed E-state index contributed by atoms with van der Waals surface area (Å²) in [5, 5.41) is 8.94. The summed E-state index contributed by atoms with van der Waals surface area (Å²) in [4.78, 5) is 15.5. The molecule has 0 aliphatic rings. The van der Waals surface area contributed by atoms with Gasteiger partial charge in [0.25, 0.3) is 0 Å². The van der Waals surface area contributed by atoms with Crippen LogP contribution in [0.3, 0.4) is 0 Å². The number of aromatic nitrogens is 1. The van der Waals surface area contributed by atoms with E-state index in [0.717, 1.165) is 40.3 Å². The lowest BCUT2D eigenvalue weighted by molar-refractivity contribution is -0.144. The molecule has 1 aromatic heterocycles. The van der Waals surface area contributed by atoms with Crippen LogP contribution in [0.15, 0.2) is 83.3 Å². The van der Waals surface area contributed by atoms with E-state index in [1.165, 1.54) is 6.92 Å². The standard InChI is InChI=1S/C27H25NO5/c1-18-25(28-26(33-18)22-6-4-3-5-7-22)17-31-23-12-8-20(9-13-23)16-21-10-14-24(15-11-21)32-19(2)27(29)30/h3-15,19H,16-17H2,1-2H3,(H,29,30). The lowest BCUT2D eigenvalue weighted by atomic mass is 10.0. The minimum atomic E-state index is -0.989. The maximum Gasteiger partial charge on any atom is 0.344 e. The van der Waals surface area contributed by atoms with Gasteiger partial charge in [-0.25, -0.2) is 9.78 Å². The smallest absolute Gasteiger partial charge is 0.344 e. The number of ether oxygens (including phenoxy) is 2. The van der Waals surface area contributed by atoms with Gasteiger partial charge in [0.1, 0.15) is 29.6 Å². The highest BCUT2D eigenvalue weighted by Gasteiger charge is 2.13. The third-order valence-electron chi connectivity index (χ3n) is 5.20. The van der Waals surface area contributed by atoms with Crippen LogP contribution in [-0.2, 0) is 17.8 Å². The number of hydrogen-bond acceptors (Lipinski definition) is 5. The van der Waals surface area contributed by atoms with E-state index in [-0.39, 0.29) is 0 Å². The first kappa shape index (κ1) is 22.1. The molecule has 0 aliphatic carbocycles. The van der Waals surface area contributed by atoms with Gasteiger partial charge in [-0.3, -0.25) is 0 Å². The Kier molecular flexibility index (Phi) is 6.74. The summed E-state index contributed by atoms with van der Waals surface area (Å²) >= 11 is 0. The van der Waals surface area contributed by atoms with E-state index in [0.29, 0.717) is 18.2 Å². The van der Waals surface area contributed by atoms with Gasteiger partial charge in [0.15, 0.2) is 6.10 Å². The highest BCUT2D eigenvalue weighted by atomic mass is 16.5. The molecule has 0 aliphatic heterocycles. The van der Waals surface area contributed by atoms with E-state index in [1.54, 1.807) is 12.1 Å². The van der Waals surface area contributed by atoms with E-state index in [4.69, 9.17) is 19.0 Å². The number of aryl methyl sites for hydroxylation is 1. The van der Waals surface area contributed by atoms with Crippen LogP contribution in [0.1, 0.15) is 29.5 Å². The zero-order valence-electron chi connectivity index (χ0n) is 18.5. The van der Waals surface area contributed by atoms with E-state index in [2.05, 4.69) is 4.98 Å². The number of carbonyl (C=O) groups is 1. The van der Waals surface area contributed by atoms with Gasteiger partial charge in [-0.05, 0) is 67.8 Å². The van der Waals surface area contributed by atoms with Crippen molar-refractivity contribution in [2.45, 2.75) is 33.0 Å². The maximum absolute atomic E-state index is 10.9. The minimum absolute atomic E-state index is 0.331. The molecule has 0 bridgehead atoms. The third-order valence-corrected chi connectivity index (χ3v) is 5.20. The van der Waals surface area contributed by atoms with Crippen molar-refractivity contribution in [1.29, 1.82) is 0 Å². The molecule has 33 heavy (non-hydrogen) atoms. The summed E-state index contributed by atoms with van der Waals surface area (Å²) in [6, 6.07) is 25.2. The average molecular weight is 443 g/mol. The van der Waals surface area contributed by atoms with Gasteiger partial charge >= 0.3 is 5.97 Å². The largest absolute Gasteiger partial charge is 0.487 e. The first-order valence-electron chi connectivity index (χ1n) is 10.7. The molecule has 4 rings (SSSR count). The Labute approximate surface area is 192 Å². The van der Waals surface area contributed by atoms with Crippen LogP contribution in [0.4, 0.5) is 0 Å². The molecule has 1 N–H and O–H groups in total. The molecule has 0 amide bonds. The number of carboxylic acid groups (broad SMARTS) is 1. The zero-order valence-corrected chi connectivity index (χ0v) is 18.5. The number of nitrogens with zero attached hydrogens (tertiary/aromatic N) is 1. The first-order valence-corrected chi connectivity index (χ1v) is 10.7. The molecule has 3 aromatic carbocycles. The van der Waals surface area contributed by atoms with E-state index >= 15 is 0 Å². The van der Waals surface area contributed by atoms with Gasteiger partial charge in [-0.2, -0.15) is 0 Å². The molecule has 0 saturated carbocycles. The Morgan fingerprint density at radius 2 is 1.55 bits per heavy atom. The molecule has 1 heterocycles. The molecule has 1 atom stereocenters. The fraction of sp³-hybridized carbons (Fsp3) is 0.185. The second-order valence-electron chi connectivity index (χ2n) is 7.74. The van der Waals surface area contributed by atoms with Crippen molar-refractivity contribution in [2.75, 3.05) is 0 Å². The number of benzene rings is 3. The number of rotatable bonds is 9. The van der Waals surface area contributed by atoms with Gasteiger partial charge in [0, 0.05) is 5.56 Å². The highest BCUT2D eigenvalue weighted by molar-refractivity contribution is 5.72. The molecular weight excluding hydrogens is 418 g/mol. The van der Waals surface area contributed by atoms with Gasteiger partial charge in [-0.1, -0.05) is 42.5 Å². The Balaban J connectivity index is 1.33. The van der Waals surface area contributed by atoms with Gasteiger partial charge in [0.05, 0.1) is 0 Å². The van der Waals surface area contributed by atoms with Gasteiger partial charge in [0.2, 0.25) is 5.89 Å². The Hall–Kier alpha value is -4.06. The van der Waals surface area contributed by atoms with Gasteiger partial charge in [-0.15, -0.1) is 0 Å². The predicted octanol–water partition coefficient (Wildman–Crippen LogP) is 5.67. The molecule has 0 fully saturated rings. The molecule has 4 aromatic rings. The molecule has 0 saturated heterocycles. The van der Waals surface area contributed by atoms with Crippen LogP contribution in [0, 0.1) is 6.92 Å². The van der Waals surface area contributed by atoms with Crippen LogP contribution in [-0.4, -0.2) is 22.2 Å². The highest BCUT2D eigenvalue weighted by Crippen LogP contribution is 2.23. The van der Waals surface area contributed by atoms with Crippen LogP contribution in [0.2, 0.25) is 0 Å². The SMILES string of the molecule is Cc1oc(-c2ccccc2)nc1COc1ccc(Cc2ccc(OC(C)C(=O)O)cc2)cc1. The topological polar surface area (TPSA) is 81.8 Å². The van der Waals surface area contributed by atoms with Crippen molar-refractivity contribution in [3.63, 3.8) is 0 Å². The molecule has 6 heteroatoms. The predicted molar refractivity (Wildman–Crippen MR) is 124 cm³/mol. The van der Waals surface area contributed by atoms with Crippen LogP contribution >= 0.6 is 0 Å². The van der Waals surface area contributed by atoms with Crippen molar-refractivity contribution in [2.24, 2.45) is 0 Å². The summed E-state index contributed by atoms with van der Waals surface area (Å²) < 4.78 is 17.1. The number of aliphatic carboxylic acids is 1. The molecule has 6 nitrogen and oxygen atoms in total. The van der Waals surface area contributed by atoms with Crippen molar-refractivity contribution in [3.8, 4) is 23.0 Å². The van der Waals surface area contributed by atoms with Crippen LogP contribution < -0.4 is 9.47 Å². The second kappa shape index (κ2) is 10.0. The Morgan fingerprint density at radius 1 is 0.939 bits per heavy atom. The molecule has 0 radical (unpaired) electrons. The summed E-state index contributed by atoms with van der Waals surface area (Å²) in [5.74, 6) is 1.65. The molecule has 168 valence electrons. The fourth-order valence-electron chi connectivity index (χ4n) is 3.30. The van der Waals surface area contributed by atoms with Crippen molar-refractivity contribution in [1.82, 2.24) is 4.98 Å². The first-order chi connectivity index (χ1) is 16.0. The molecule has 1 unspecified atom stereocenters. The Morgan fingerprint density at radius 3 is 2.15 bits per heavy atom. The quantitative estimate of drug-likeness (QED) is 0.359. The maximum atomic E-state index is 10.9. The summed E-state index contributed by atoms with van der Waals surface area (Å²) in [6.45, 7) is 3.73. The summed E-state index contributed by atoms with van der Waals surface area (Å²) in [5.41, 5.74) is 3.95. The van der Waals surface area contributed by atoms with E-state index in [9.17, 15) is 4.79 Å². The lowest BCUT2D eigenvalue weighted by Gasteiger charge is -2.11. The molecular formula is C27H25NO5. The van der Waals surface area contributed by atoms with Crippen molar-refractivity contribution in [3.05, 3.63) is 101 Å². The number of oxazole rings is 1. The monoisotopic (exact) mass is 443 g/mol. The Bertz CT molecular complexity index is 1200. The summed E-state index contributed by atoms with van der Waals surface area (Å²) in [6.07, 6.45) is -0.132. The normalized spacial score (nSPS) is 11.7. The van der Waals surface area contributed by atoms with Crippen LogP contribution in [0.5, 0.6) is 11.5 Å². The number of carboxylic acids is 1. The van der Waals surface area contributed by atoms with E-state index in [1.807, 2.05) is 73.7 Å². The third kappa shape index (κ3) is 5.80. The van der Waals surface area contributed by atoms with Crippen molar-refractivity contribution >= 4 is 5.97 Å². The van der Waals surface area contributed by atoms with Crippen molar-refractivity contribution < 1.29 is 23.8 Å². The zero-order chi connectivity index (χ0) is 23.2. The molecule has 0 spiro atoms.